The van der Waals surface area contributed by atoms with Gasteiger partial charge in [0.2, 0.25) is 0 Å². The summed E-state index contributed by atoms with van der Waals surface area (Å²) in [5.41, 5.74) is 3.64. The molecule has 0 aliphatic rings. The van der Waals surface area contributed by atoms with E-state index in [1.807, 2.05) is 66.7 Å². The zero-order chi connectivity index (χ0) is 17.9. The number of carbonyl (C=O) groups excluding carboxylic acids is 1. The average molecular weight is 340 g/mol. The van der Waals surface area contributed by atoms with E-state index in [4.69, 9.17) is 0 Å². The Bertz CT molecular complexity index is 1140. The quantitative estimate of drug-likeness (QED) is 0.427. The predicted octanol–water partition coefficient (Wildman–Crippen LogP) is 4.46. The van der Waals surface area contributed by atoms with Crippen molar-refractivity contribution in [2.45, 2.75) is 0 Å². The fraction of sp³-hybridized carbons (Fsp3) is 0. The third-order valence-corrected chi connectivity index (χ3v) is 4.34. The predicted molar refractivity (Wildman–Crippen MR) is 105 cm³/mol. The third-order valence-electron chi connectivity index (χ3n) is 4.34. The van der Waals surface area contributed by atoms with E-state index in [0.717, 1.165) is 21.5 Å². The van der Waals surface area contributed by atoms with Crippen molar-refractivity contribution in [2.24, 2.45) is 5.10 Å². The second-order valence-corrected chi connectivity index (χ2v) is 5.95. The Labute approximate surface area is 150 Å². The van der Waals surface area contributed by atoms with Gasteiger partial charge in [-0.05, 0) is 28.3 Å². The second-order valence-electron chi connectivity index (χ2n) is 5.95. The fourth-order valence-corrected chi connectivity index (χ4v) is 3.02. The number of amides is 1. The Morgan fingerprint density at radius 1 is 0.808 bits per heavy atom. The van der Waals surface area contributed by atoms with Gasteiger partial charge in [-0.25, -0.2) is 5.43 Å². The zero-order valence-corrected chi connectivity index (χ0v) is 13.9. The van der Waals surface area contributed by atoms with Gasteiger partial charge in [0.05, 0.1) is 6.21 Å². The Morgan fingerprint density at radius 3 is 2.27 bits per heavy atom. The number of nitrogens with one attached hydrogen (secondary N) is 1. The Kier molecular flexibility index (Phi) is 4.07. The number of rotatable bonds is 3. The normalized spacial score (nSPS) is 11.2. The average Bonchev–Trinajstić information content (AvgIpc) is 2.69. The summed E-state index contributed by atoms with van der Waals surface area (Å²) in [6.07, 6.45) is 1.45. The fourth-order valence-electron chi connectivity index (χ4n) is 3.02. The van der Waals surface area contributed by atoms with E-state index in [9.17, 15) is 9.90 Å². The third kappa shape index (κ3) is 2.89. The minimum Gasteiger partial charge on any atom is -0.507 e. The highest BCUT2D eigenvalue weighted by molar-refractivity contribution is 6.07. The van der Waals surface area contributed by atoms with E-state index in [1.165, 1.54) is 6.21 Å². The van der Waals surface area contributed by atoms with Gasteiger partial charge in [0.25, 0.3) is 5.91 Å². The van der Waals surface area contributed by atoms with Crippen molar-refractivity contribution in [1.29, 1.82) is 0 Å². The monoisotopic (exact) mass is 340 g/mol. The lowest BCUT2D eigenvalue weighted by atomic mass is 10.0. The molecule has 0 saturated carbocycles. The maximum absolute atomic E-state index is 12.5. The van der Waals surface area contributed by atoms with Crippen LogP contribution in [0.3, 0.4) is 0 Å². The lowest BCUT2D eigenvalue weighted by molar-refractivity contribution is 0.0957. The maximum Gasteiger partial charge on any atom is 0.271 e. The van der Waals surface area contributed by atoms with Gasteiger partial charge in [-0.15, -0.1) is 0 Å². The number of carbonyl (C=O) groups is 1. The number of hydrogen-bond donors (Lipinski definition) is 2. The number of nitrogens with zero attached hydrogens (tertiary/aromatic N) is 1. The molecule has 0 radical (unpaired) electrons. The van der Waals surface area contributed by atoms with Gasteiger partial charge >= 0.3 is 0 Å². The minimum absolute atomic E-state index is 0.145. The van der Waals surface area contributed by atoms with Crippen molar-refractivity contribution in [3.8, 4) is 5.75 Å². The maximum atomic E-state index is 12.5. The topological polar surface area (TPSA) is 61.7 Å². The van der Waals surface area contributed by atoms with E-state index in [0.29, 0.717) is 11.1 Å². The largest absolute Gasteiger partial charge is 0.507 e. The van der Waals surface area contributed by atoms with Gasteiger partial charge in [0, 0.05) is 16.5 Å². The molecule has 0 spiro atoms. The molecule has 4 nitrogen and oxygen atoms in total. The molecule has 0 aromatic heterocycles. The summed E-state index contributed by atoms with van der Waals surface area (Å²) in [4.78, 5) is 12.5. The van der Waals surface area contributed by atoms with E-state index in [-0.39, 0.29) is 11.7 Å². The summed E-state index contributed by atoms with van der Waals surface area (Å²) in [5, 5.41) is 17.9. The Hall–Kier alpha value is -3.66. The molecule has 0 aliphatic carbocycles. The lowest BCUT2D eigenvalue weighted by Crippen LogP contribution is -2.17. The minimum atomic E-state index is -0.293. The van der Waals surface area contributed by atoms with Gasteiger partial charge in [0.15, 0.2) is 0 Å². The van der Waals surface area contributed by atoms with E-state index in [1.54, 1.807) is 12.1 Å². The molecule has 0 aliphatic heterocycles. The first kappa shape index (κ1) is 15.8. The van der Waals surface area contributed by atoms with Gasteiger partial charge in [-0.2, -0.15) is 5.10 Å². The van der Waals surface area contributed by atoms with Crippen LogP contribution in [0.15, 0.2) is 84.0 Å². The van der Waals surface area contributed by atoms with Crippen molar-refractivity contribution in [3.05, 3.63) is 90.0 Å². The highest BCUT2D eigenvalue weighted by atomic mass is 16.3. The number of aromatic hydroxyl groups is 1. The summed E-state index contributed by atoms with van der Waals surface area (Å²) in [7, 11) is 0. The summed E-state index contributed by atoms with van der Waals surface area (Å²) in [6, 6.07) is 24.5. The molecular formula is C22H16N2O2. The highest BCUT2D eigenvalue weighted by Crippen LogP contribution is 2.27. The standard InChI is InChI=1S/C22H16N2O2/c25-21-17(13-12-16-7-2-4-10-19(16)21)14-23-24-22(26)20-11-5-8-15-6-1-3-9-18(15)20/h1-14,25H,(H,24,26)/b23-14+. The molecule has 0 saturated heterocycles. The number of phenolic OH excluding ortho intramolecular Hbond substituents is 1. The molecule has 4 heteroatoms. The summed E-state index contributed by atoms with van der Waals surface area (Å²) in [5.74, 6) is -0.149. The van der Waals surface area contributed by atoms with Gasteiger partial charge in [-0.1, -0.05) is 66.7 Å². The van der Waals surface area contributed by atoms with Crippen molar-refractivity contribution < 1.29 is 9.90 Å². The van der Waals surface area contributed by atoms with Gasteiger partial charge in [-0.3, -0.25) is 4.79 Å². The molecule has 0 unspecified atom stereocenters. The van der Waals surface area contributed by atoms with Crippen LogP contribution >= 0.6 is 0 Å². The molecule has 0 bridgehead atoms. The number of phenols is 1. The molecular weight excluding hydrogens is 324 g/mol. The molecule has 0 fully saturated rings. The number of hydrazone groups is 1. The van der Waals surface area contributed by atoms with Crippen LogP contribution in [0.25, 0.3) is 21.5 Å². The van der Waals surface area contributed by atoms with E-state index < -0.39 is 0 Å². The molecule has 4 aromatic rings. The van der Waals surface area contributed by atoms with Crippen molar-refractivity contribution in [2.75, 3.05) is 0 Å². The molecule has 26 heavy (non-hydrogen) atoms. The van der Waals surface area contributed by atoms with Gasteiger partial charge in [0.1, 0.15) is 5.75 Å². The Morgan fingerprint density at radius 2 is 1.46 bits per heavy atom. The summed E-state index contributed by atoms with van der Waals surface area (Å²) < 4.78 is 0. The smallest absolute Gasteiger partial charge is 0.271 e. The van der Waals surface area contributed by atoms with Crippen LogP contribution in [-0.2, 0) is 0 Å². The molecule has 4 rings (SSSR count). The van der Waals surface area contributed by atoms with E-state index in [2.05, 4.69) is 10.5 Å². The molecule has 1 amide bonds. The molecule has 0 atom stereocenters. The molecule has 4 aromatic carbocycles. The van der Waals surface area contributed by atoms with Crippen LogP contribution < -0.4 is 5.43 Å². The first-order chi connectivity index (χ1) is 12.7. The second kappa shape index (κ2) is 6.69. The number of hydrogen-bond acceptors (Lipinski definition) is 3. The first-order valence-electron chi connectivity index (χ1n) is 8.26. The Balaban J connectivity index is 1.59. The van der Waals surface area contributed by atoms with Crippen LogP contribution in [0.1, 0.15) is 15.9 Å². The van der Waals surface area contributed by atoms with Crippen LogP contribution in [0, 0.1) is 0 Å². The van der Waals surface area contributed by atoms with Crippen molar-refractivity contribution in [1.82, 2.24) is 5.43 Å². The SMILES string of the molecule is O=C(N/N=C/c1ccc2ccccc2c1O)c1cccc2ccccc12. The number of fused-ring (bicyclic) bond motifs is 2. The van der Waals surface area contributed by atoms with Crippen LogP contribution in [0.5, 0.6) is 5.75 Å². The molecule has 0 heterocycles. The molecule has 2 N–H and O–H groups in total. The number of benzene rings is 4. The summed E-state index contributed by atoms with van der Waals surface area (Å²) >= 11 is 0. The first-order valence-corrected chi connectivity index (χ1v) is 8.26. The van der Waals surface area contributed by atoms with Crippen molar-refractivity contribution in [3.63, 3.8) is 0 Å². The van der Waals surface area contributed by atoms with Crippen LogP contribution in [-0.4, -0.2) is 17.2 Å². The van der Waals surface area contributed by atoms with Crippen LogP contribution in [0.4, 0.5) is 0 Å². The van der Waals surface area contributed by atoms with Crippen LogP contribution in [0.2, 0.25) is 0 Å². The lowest BCUT2D eigenvalue weighted by Gasteiger charge is -2.06. The van der Waals surface area contributed by atoms with Gasteiger partial charge < -0.3 is 5.11 Å². The summed E-state index contributed by atoms with van der Waals surface area (Å²) in [6.45, 7) is 0. The van der Waals surface area contributed by atoms with E-state index >= 15 is 0 Å². The van der Waals surface area contributed by atoms with Crippen molar-refractivity contribution >= 4 is 33.7 Å². The zero-order valence-electron chi connectivity index (χ0n) is 13.9. The molecule has 126 valence electrons. The highest BCUT2D eigenvalue weighted by Gasteiger charge is 2.09.